The van der Waals surface area contributed by atoms with E-state index in [1.54, 1.807) is 14.2 Å². The van der Waals surface area contributed by atoms with Gasteiger partial charge in [0.1, 0.15) is 17.2 Å². The van der Waals surface area contributed by atoms with Gasteiger partial charge in [-0.25, -0.2) is 0 Å². The SMILES string of the molecule is COc1ccc(-c2noc3cc(OC)ccc23)c(C)c1. The molecule has 0 atom stereocenters. The van der Waals surface area contributed by atoms with Crippen LogP contribution < -0.4 is 9.47 Å². The molecule has 4 nitrogen and oxygen atoms in total. The van der Waals surface area contributed by atoms with Gasteiger partial charge in [-0.2, -0.15) is 0 Å². The lowest BCUT2D eigenvalue weighted by atomic mass is 10.0. The minimum Gasteiger partial charge on any atom is -0.497 e. The van der Waals surface area contributed by atoms with E-state index in [0.29, 0.717) is 0 Å². The van der Waals surface area contributed by atoms with Crippen LogP contribution in [0, 0.1) is 6.92 Å². The topological polar surface area (TPSA) is 44.5 Å². The summed E-state index contributed by atoms with van der Waals surface area (Å²) in [7, 11) is 3.29. The first kappa shape index (κ1) is 12.5. The van der Waals surface area contributed by atoms with Crippen LogP contribution in [0.15, 0.2) is 40.9 Å². The predicted octanol–water partition coefficient (Wildman–Crippen LogP) is 3.82. The lowest BCUT2D eigenvalue weighted by molar-refractivity contribution is 0.412. The number of methoxy groups -OCH3 is 2. The summed E-state index contributed by atoms with van der Waals surface area (Å²) in [4.78, 5) is 0. The molecule has 0 saturated carbocycles. The molecule has 0 saturated heterocycles. The molecule has 102 valence electrons. The van der Waals surface area contributed by atoms with E-state index in [9.17, 15) is 0 Å². The third kappa shape index (κ3) is 1.99. The fourth-order valence-electron chi connectivity index (χ4n) is 2.27. The van der Waals surface area contributed by atoms with Crippen molar-refractivity contribution in [2.24, 2.45) is 0 Å². The monoisotopic (exact) mass is 269 g/mol. The molecule has 0 radical (unpaired) electrons. The van der Waals surface area contributed by atoms with Crippen LogP contribution in [0.4, 0.5) is 0 Å². The number of nitrogens with zero attached hydrogens (tertiary/aromatic N) is 1. The number of aryl methyl sites for hydroxylation is 1. The Morgan fingerprint density at radius 1 is 0.950 bits per heavy atom. The number of rotatable bonds is 3. The summed E-state index contributed by atoms with van der Waals surface area (Å²) in [5, 5.41) is 5.16. The van der Waals surface area contributed by atoms with Gasteiger partial charge < -0.3 is 14.0 Å². The second-order valence-corrected chi connectivity index (χ2v) is 4.57. The molecule has 0 unspecified atom stereocenters. The quantitative estimate of drug-likeness (QED) is 0.725. The second-order valence-electron chi connectivity index (χ2n) is 4.57. The summed E-state index contributed by atoms with van der Waals surface area (Å²) < 4.78 is 15.8. The van der Waals surface area contributed by atoms with Crippen molar-refractivity contribution < 1.29 is 14.0 Å². The first-order valence-corrected chi connectivity index (χ1v) is 6.31. The molecule has 0 aliphatic carbocycles. The van der Waals surface area contributed by atoms with Crippen LogP contribution in [0.25, 0.3) is 22.2 Å². The van der Waals surface area contributed by atoms with Gasteiger partial charge in [0.15, 0.2) is 5.58 Å². The highest BCUT2D eigenvalue weighted by Crippen LogP contribution is 2.33. The minimum atomic E-state index is 0.717. The third-order valence-electron chi connectivity index (χ3n) is 3.37. The van der Waals surface area contributed by atoms with Crippen LogP contribution in [0.2, 0.25) is 0 Å². The maximum absolute atomic E-state index is 5.40. The zero-order chi connectivity index (χ0) is 14.1. The second kappa shape index (κ2) is 4.89. The van der Waals surface area contributed by atoms with Gasteiger partial charge in [-0.3, -0.25) is 0 Å². The van der Waals surface area contributed by atoms with Crippen molar-refractivity contribution in [3.63, 3.8) is 0 Å². The molecular formula is C16H15NO3. The lowest BCUT2D eigenvalue weighted by Crippen LogP contribution is -1.88. The molecule has 4 heteroatoms. The molecule has 20 heavy (non-hydrogen) atoms. The smallest absolute Gasteiger partial charge is 0.171 e. The number of ether oxygens (including phenoxy) is 2. The van der Waals surface area contributed by atoms with Crippen molar-refractivity contribution >= 4 is 11.0 Å². The molecule has 0 spiro atoms. The highest BCUT2D eigenvalue weighted by atomic mass is 16.5. The number of hydrogen-bond acceptors (Lipinski definition) is 4. The van der Waals surface area contributed by atoms with Crippen molar-refractivity contribution in [3.05, 3.63) is 42.0 Å². The Labute approximate surface area is 116 Å². The van der Waals surface area contributed by atoms with Crippen LogP contribution in [0.5, 0.6) is 11.5 Å². The van der Waals surface area contributed by atoms with E-state index in [1.165, 1.54) is 0 Å². The fourth-order valence-corrected chi connectivity index (χ4v) is 2.27. The predicted molar refractivity (Wildman–Crippen MR) is 77.3 cm³/mol. The Balaban J connectivity index is 2.15. The van der Waals surface area contributed by atoms with E-state index in [1.807, 2.05) is 43.3 Å². The van der Waals surface area contributed by atoms with Gasteiger partial charge in [-0.15, -0.1) is 0 Å². The van der Waals surface area contributed by atoms with Crippen molar-refractivity contribution in [1.29, 1.82) is 0 Å². The zero-order valence-corrected chi connectivity index (χ0v) is 11.6. The van der Waals surface area contributed by atoms with Gasteiger partial charge in [-0.05, 0) is 42.8 Å². The van der Waals surface area contributed by atoms with Crippen molar-refractivity contribution in [1.82, 2.24) is 5.16 Å². The first-order valence-electron chi connectivity index (χ1n) is 6.31. The van der Waals surface area contributed by atoms with E-state index in [4.69, 9.17) is 14.0 Å². The Morgan fingerprint density at radius 3 is 2.35 bits per heavy atom. The maximum Gasteiger partial charge on any atom is 0.171 e. The average molecular weight is 269 g/mol. The van der Waals surface area contributed by atoms with E-state index < -0.39 is 0 Å². The molecule has 0 bridgehead atoms. The maximum atomic E-state index is 5.40. The highest BCUT2D eigenvalue weighted by Gasteiger charge is 2.13. The summed E-state index contributed by atoms with van der Waals surface area (Å²) in [5.41, 5.74) is 3.68. The highest BCUT2D eigenvalue weighted by molar-refractivity contribution is 5.93. The van der Waals surface area contributed by atoms with Crippen molar-refractivity contribution in [2.45, 2.75) is 6.92 Å². The van der Waals surface area contributed by atoms with Gasteiger partial charge >= 0.3 is 0 Å². The molecule has 0 fully saturated rings. The van der Waals surface area contributed by atoms with Gasteiger partial charge in [0.2, 0.25) is 0 Å². The van der Waals surface area contributed by atoms with Crippen molar-refractivity contribution in [3.8, 4) is 22.8 Å². The minimum absolute atomic E-state index is 0.717. The van der Waals surface area contributed by atoms with E-state index in [-0.39, 0.29) is 0 Å². The summed E-state index contributed by atoms with van der Waals surface area (Å²) in [6.45, 7) is 2.03. The molecule has 0 N–H and O–H groups in total. The molecule has 2 aromatic carbocycles. The Morgan fingerprint density at radius 2 is 1.65 bits per heavy atom. The standard InChI is InChI=1S/C16H15NO3/c1-10-8-11(18-2)4-6-13(10)16-14-7-5-12(19-3)9-15(14)20-17-16/h4-9H,1-3H3. The van der Waals surface area contributed by atoms with Gasteiger partial charge in [-0.1, -0.05) is 5.16 Å². The molecule has 0 aliphatic heterocycles. The Kier molecular flexibility index (Phi) is 3.06. The number of fused-ring (bicyclic) bond motifs is 1. The van der Waals surface area contributed by atoms with Crippen LogP contribution in [-0.2, 0) is 0 Å². The summed E-state index contributed by atoms with van der Waals surface area (Å²) in [6.07, 6.45) is 0. The van der Waals surface area contributed by atoms with E-state index in [2.05, 4.69) is 5.16 Å². The summed E-state index contributed by atoms with van der Waals surface area (Å²) in [5.74, 6) is 1.59. The Hall–Kier alpha value is -2.49. The number of benzene rings is 2. The van der Waals surface area contributed by atoms with Gasteiger partial charge in [0.05, 0.1) is 14.2 Å². The van der Waals surface area contributed by atoms with Gasteiger partial charge in [0, 0.05) is 17.0 Å². The van der Waals surface area contributed by atoms with Gasteiger partial charge in [0.25, 0.3) is 0 Å². The molecule has 0 aliphatic rings. The van der Waals surface area contributed by atoms with Crippen LogP contribution >= 0.6 is 0 Å². The molecule has 3 aromatic rings. The Bertz CT molecular complexity index is 762. The van der Waals surface area contributed by atoms with E-state index in [0.717, 1.165) is 39.3 Å². The molecule has 1 aromatic heterocycles. The first-order chi connectivity index (χ1) is 9.72. The van der Waals surface area contributed by atoms with Crippen LogP contribution in [0.1, 0.15) is 5.56 Å². The lowest BCUT2D eigenvalue weighted by Gasteiger charge is -2.05. The third-order valence-corrected chi connectivity index (χ3v) is 3.37. The molecular weight excluding hydrogens is 254 g/mol. The zero-order valence-electron chi connectivity index (χ0n) is 11.6. The number of aromatic nitrogens is 1. The molecule has 0 amide bonds. The molecule has 1 heterocycles. The summed E-state index contributed by atoms with van der Waals surface area (Å²) in [6, 6.07) is 11.6. The van der Waals surface area contributed by atoms with Crippen LogP contribution in [0.3, 0.4) is 0 Å². The van der Waals surface area contributed by atoms with Crippen LogP contribution in [-0.4, -0.2) is 19.4 Å². The van der Waals surface area contributed by atoms with E-state index >= 15 is 0 Å². The normalized spacial score (nSPS) is 10.8. The van der Waals surface area contributed by atoms with Crippen molar-refractivity contribution in [2.75, 3.05) is 14.2 Å². The fraction of sp³-hybridized carbons (Fsp3) is 0.188. The number of hydrogen-bond donors (Lipinski definition) is 0. The summed E-state index contributed by atoms with van der Waals surface area (Å²) >= 11 is 0. The average Bonchev–Trinajstić information content (AvgIpc) is 2.89. The molecule has 3 rings (SSSR count). The largest absolute Gasteiger partial charge is 0.497 e.